The van der Waals surface area contributed by atoms with Crippen LogP contribution in [0.4, 0.5) is 5.69 Å². The van der Waals surface area contributed by atoms with Crippen molar-refractivity contribution in [1.29, 1.82) is 0 Å². The molecule has 124 valence electrons. The van der Waals surface area contributed by atoms with E-state index in [1.165, 1.54) is 0 Å². The summed E-state index contributed by atoms with van der Waals surface area (Å²) >= 11 is 0. The number of H-pyrrole nitrogens is 1. The number of carbonyl (C=O) groups is 1. The predicted octanol–water partition coefficient (Wildman–Crippen LogP) is 3.26. The molecule has 6 heteroatoms. The molecule has 0 radical (unpaired) electrons. The van der Waals surface area contributed by atoms with E-state index in [9.17, 15) is 9.59 Å². The number of aromatic amines is 1. The minimum atomic E-state index is -0.512. The van der Waals surface area contributed by atoms with Gasteiger partial charge in [-0.25, -0.2) is 4.79 Å². The maximum Gasteiger partial charge on any atom is 0.417 e. The number of hydrogen-bond acceptors (Lipinski definition) is 4. The zero-order chi connectivity index (χ0) is 17.1. The van der Waals surface area contributed by atoms with Crippen LogP contribution in [-0.2, 0) is 4.79 Å². The quantitative estimate of drug-likeness (QED) is 0.753. The lowest BCUT2D eigenvalue weighted by atomic mass is 9.97. The van der Waals surface area contributed by atoms with Crippen molar-refractivity contribution in [2.45, 2.75) is 19.3 Å². The van der Waals surface area contributed by atoms with Gasteiger partial charge in [-0.1, -0.05) is 19.1 Å². The Bertz CT molecular complexity index is 909. The molecule has 2 N–H and O–H groups in total. The topological polar surface area (TPSA) is 84.3 Å². The van der Waals surface area contributed by atoms with E-state index in [4.69, 9.17) is 9.15 Å². The zero-order valence-electron chi connectivity index (χ0n) is 13.5. The summed E-state index contributed by atoms with van der Waals surface area (Å²) in [6, 6.07) is 12.7. The number of amides is 1. The Morgan fingerprint density at radius 2 is 2.00 bits per heavy atom. The summed E-state index contributed by atoms with van der Waals surface area (Å²) in [4.78, 5) is 25.9. The van der Waals surface area contributed by atoms with E-state index in [0.29, 0.717) is 23.2 Å². The molecule has 3 rings (SSSR count). The first kappa shape index (κ1) is 15.9. The third kappa shape index (κ3) is 3.48. The van der Waals surface area contributed by atoms with Crippen molar-refractivity contribution in [3.05, 3.63) is 58.6 Å². The molecule has 1 amide bonds. The second-order valence-corrected chi connectivity index (χ2v) is 5.65. The largest absolute Gasteiger partial charge is 0.497 e. The van der Waals surface area contributed by atoms with Crippen LogP contribution in [0, 0.1) is 0 Å². The van der Waals surface area contributed by atoms with Crippen molar-refractivity contribution < 1.29 is 13.9 Å². The van der Waals surface area contributed by atoms with E-state index in [0.717, 1.165) is 11.3 Å². The third-order valence-corrected chi connectivity index (χ3v) is 3.88. The van der Waals surface area contributed by atoms with Crippen LogP contribution in [0.1, 0.15) is 24.8 Å². The second kappa shape index (κ2) is 6.62. The number of fused-ring (bicyclic) bond motifs is 1. The van der Waals surface area contributed by atoms with Gasteiger partial charge in [-0.3, -0.25) is 9.78 Å². The molecule has 0 saturated carbocycles. The van der Waals surface area contributed by atoms with Crippen LogP contribution in [0.15, 0.2) is 51.7 Å². The molecule has 24 heavy (non-hydrogen) atoms. The van der Waals surface area contributed by atoms with Crippen molar-refractivity contribution in [1.82, 2.24) is 4.98 Å². The summed E-state index contributed by atoms with van der Waals surface area (Å²) in [6.45, 7) is 2.00. The van der Waals surface area contributed by atoms with Crippen LogP contribution >= 0.6 is 0 Å². The van der Waals surface area contributed by atoms with Crippen LogP contribution in [0.25, 0.3) is 11.1 Å². The number of aromatic nitrogens is 1. The molecule has 0 aliphatic carbocycles. The highest BCUT2D eigenvalue weighted by atomic mass is 16.5. The molecule has 0 aliphatic heterocycles. The lowest BCUT2D eigenvalue weighted by molar-refractivity contribution is -0.116. The second-order valence-electron chi connectivity index (χ2n) is 5.65. The van der Waals surface area contributed by atoms with E-state index >= 15 is 0 Å². The average Bonchev–Trinajstić information content (AvgIpc) is 2.94. The van der Waals surface area contributed by atoms with Gasteiger partial charge in [0.2, 0.25) is 5.91 Å². The molecule has 1 atom stereocenters. The van der Waals surface area contributed by atoms with Gasteiger partial charge in [0.15, 0.2) is 5.58 Å². The van der Waals surface area contributed by atoms with Crippen molar-refractivity contribution in [3.8, 4) is 5.75 Å². The van der Waals surface area contributed by atoms with E-state index in [-0.39, 0.29) is 11.8 Å². The number of rotatable bonds is 5. The Kier molecular flexibility index (Phi) is 4.37. The fraction of sp³-hybridized carbons (Fsp3) is 0.222. The molecule has 6 nitrogen and oxygen atoms in total. The van der Waals surface area contributed by atoms with Crippen LogP contribution in [0.3, 0.4) is 0 Å². The van der Waals surface area contributed by atoms with Gasteiger partial charge >= 0.3 is 5.76 Å². The van der Waals surface area contributed by atoms with E-state index in [1.54, 1.807) is 25.3 Å². The fourth-order valence-electron chi connectivity index (χ4n) is 2.56. The summed E-state index contributed by atoms with van der Waals surface area (Å²) in [5, 5.41) is 2.83. The number of oxazole rings is 1. The molecule has 0 saturated heterocycles. The predicted molar refractivity (Wildman–Crippen MR) is 91.5 cm³/mol. The van der Waals surface area contributed by atoms with Gasteiger partial charge in [0, 0.05) is 18.2 Å². The molecule has 1 aromatic heterocycles. The summed E-state index contributed by atoms with van der Waals surface area (Å²) in [7, 11) is 1.62. The van der Waals surface area contributed by atoms with Crippen molar-refractivity contribution in [2.24, 2.45) is 0 Å². The molecule has 0 fully saturated rings. The summed E-state index contributed by atoms with van der Waals surface area (Å²) in [5.41, 5.74) is 2.68. The minimum Gasteiger partial charge on any atom is -0.497 e. The van der Waals surface area contributed by atoms with Gasteiger partial charge in [-0.05, 0) is 35.7 Å². The zero-order valence-corrected chi connectivity index (χ0v) is 13.5. The third-order valence-electron chi connectivity index (χ3n) is 3.88. The van der Waals surface area contributed by atoms with E-state index in [1.807, 2.05) is 31.2 Å². The van der Waals surface area contributed by atoms with Crippen molar-refractivity contribution in [2.75, 3.05) is 12.4 Å². The van der Waals surface area contributed by atoms with Gasteiger partial charge in [0.05, 0.1) is 12.6 Å². The normalized spacial score (nSPS) is 12.1. The maximum atomic E-state index is 12.2. The standard InChI is InChI=1S/C18H18N2O4/c1-11(12-3-6-14(23-2)7-4-12)9-17(21)19-13-5-8-15-16(10-13)24-18(22)20-15/h3-8,10-11H,9H2,1-2H3,(H,19,21)(H,20,22). The van der Waals surface area contributed by atoms with Gasteiger partial charge in [-0.2, -0.15) is 0 Å². The summed E-state index contributed by atoms with van der Waals surface area (Å²) in [6.07, 6.45) is 0.349. The number of benzene rings is 2. The number of anilines is 1. The average molecular weight is 326 g/mol. The highest BCUT2D eigenvalue weighted by Gasteiger charge is 2.12. The van der Waals surface area contributed by atoms with Crippen LogP contribution in [-0.4, -0.2) is 18.0 Å². The Balaban J connectivity index is 1.65. The number of ether oxygens (including phenoxy) is 1. The monoisotopic (exact) mass is 326 g/mol. The lowest BCUT2D eigenvalue weighted by Crippen LogP contribution is -2.14. The molecule has 0 spiro atoms. The first-order valence-electron chi connectivity index (χ1n) is 7.62. The lowest BCUT2D eigenvalue weighted by Gasteiger charge is -2.12. The fourth-order valence-corrected chi connectivity index (χ4v) is 2.56. The first-order valence-corrected chi connectivity index (χ1v) is 7.62. The molecular weight excluding hydrogens is 308 g/mol. The SMILES string of the molecule is COc1ccc(C(C)CC(=O)Nc2ccc3[nH]c(=O)oc3c2)cc1. The number of methoxy groups -OCH3 is 1. The highest BCUT2D eigenvalue weighted by Crippen LogP contribution is 2.23. The number of carbonyl (C=O) groups excluding carboxylic acids is 1. The van der Waals surface area contributed by atoms with Gasteiger partial charge < -0.3 is 14.5 Å². The molecule has 0 bridgehead atoms. The van der Waals surface area contributed by atoms with Gasteiger partial charge in [-0.15, -0.1) is 0 Å². The molecule has 1 heterocycles. The molecule has 1 unspecified atom stereocenters. The van der Waals surface area contributed by atoms with Gasteiger partial charge in [0.1, 0.15) is 5.75 Å². The highest BCUT2D eigenvalue weighted by molar-refractivity contribution is 5.93. The van der Waals surface area contributed by atoms with Crippen molar-refractivity contribution in [3.63, 3.8) is 0 Å². The molecular formula is C18H18N2O4. The molecule has 3 aromatic rings. The van der Waals surface area contributed by atoms with Crippen LogP contribution in [0.2, 0.25) is 0 Å². The van der Waals surface area contributed by atoms with Crippen molar-refractivity contribution >= 4 is 22.7 Å². The Hall–Kier alpha value is -3.02. The summed E-state index contributed by atoms with van der Waals surface area (Å²) in [5.74, 6) is 0.249. The van der Waals surface area contributed by atoms with Crippen LogP contribution < -0.4 is 15.8 Å². The van der Waals surface area contributed by atoms with Crippen LogP contribution in [0.5, 0.6) is 5.75 Å². The van der Waals surface area contributed by atoms with Gasteiger partial charge in [0.25, 0.3) is 0 Å². The van der Waals surface area contributed by atoms with E-state index < -0.39 is 5.76 Å². The Morgan fingerprint density at radius 3 is 2.71 bits per heavy atom. The number of hydrogen-bond donors (Lipinski definition) is 2. The minimum absolute atomic E-state index is 0.0739. The first-order chi connectivity index (χ1) is 11.5. The smallest absolute Gasteiger partial charge is 0.417 e. The number of nitrogens with one attached hydrogen (secondary N) is 2. The Morgan fingerprint density at radius 1 is 1.25 bits per heavy atom. The van der Waals surface area contributed by atoms with E-state index in [2.05, 4.69) is 10.3 Å². The molecule has 2 aromatic carbocycles. The molecule has 0 aliphatic rings. The summed E-state index contributed by atoms with van der Waals surface area (Å²) < 4.78 is 10.1. The Labute approximate surface area is 138 Å². The maximum absolute atomic E-state index is 12.2.